The second-order valence-electron chi connectivity index (χ2n) is 7.54. The van der Waals surface area contributed by atoms with E-state index in [2.05, 4.69) is 10.3 Å². The Morgan fingerprint density at radius 3 is 2.61 bits per heavy atom. The molecule has 0 amide bonds. The zero-order valence-corrected chi connectivity index (χ0v) is 18.9. The molecule has 1 unspecified atom stereocenters. The Bertz CT molecular complexity index is 1190. The van der Waals surface area contributed by atoms with E-state index in [0.717, 1.165) is 23.1 Å². The van der Waals surface area contributed by atoms with Crippen molar-refractivity contribution in [2.75, 3.05) is 11.6 Å². The van der Waals surface area contributed by atoms with Crippen LogP contribution in [0.1, 0.15) is 22.4 Å². The van der Waals surface area contributed by atoms with Crippen molar-refractivity contribution in [2.45, 2.75) is 32.5 Å². The number of anilines is 2. The lowest BCUT2D eigenvalue weighted by molar-refractivity contribution is -0.150. The molecule has 0 saturated carbocycles. The Hall–Kier alpha value is -2.75. The molecule has 2 aromatic carbocycles. The number of fused-ring (bicyclic) bond motifs is 1. The van der Waals surface area contributed by atoms with Gasteiger partial charge in [-0.1, -0.05) is 42.0 Å². The standard InChI is InChI=1S/C22H23N3O4S2/c1-15-7-9-18(10-8-15)23-22-24-19(14-30-22)13-29-21(26)20-11-16-5-3-4-6-17(16)12-25(20)31(2,27)28/h3-10,14,20H,11-13H2,1-2H3,(H,23,24). The number of hydrogen-bond acceptors (Lipinski definition) is 7. The number of carbonyl (C=O) groups is 1. The first-order valence-corrected chi connectivity index (χ1v) is 12.5. The lowest BCUT2D eigenvalue weighted by Gasteiger charge is -2.33. The largest absolute Gasteiger partial charge is 0.458 e. The van der Waals surface area contributed by atoms with Gasteiger partial charge in [0.15, 0.2) is 5.13 Å². The number of carbonyl (C=O) groups excluding carboxylic acids is 1. The van der Waals surface area contributed by atoms with Gasteiger partial charge in [-0.25, -0.2) is 13.4 Å². The van der Waals surface area contributed by atoms with Gasteiger partial charge in [0.05, 0.1) is 11.9 Å². The molecule has 0 radical (unpaired) electrons. The second-order valence-corrected chi connectivity index (χ2v) is 10.3. The van der Waals surface area contributed by atoms with Gasteiger partial charge in [0.25, 0.3) is 0 Å². The highest BCUT2D eigenvalue weighted by Gasteiger charge is 2.37. The van der Waals surface area contributed by atoms with Crippen LogP contribution in [0.25, 0.3) is 0 Å². The minimum atomic E-state index is -3.57. The molecule has 1 aliphatic heterocycles. The number of rotatable bonds is 6. The molecular formula is C22H23N3O4S2. The van der Waals surface area contributed by atoms with Crippen molar-refractivity contribution in [1.82, 2.24) is 9.29 Å². The molecule has 1 aliphatic rings. The average Bonchev–Trinajstić information content (AvgIpc) is 3.19. The zero-order chi connectivity index (χ0) is 22.0. The minimum absolute atomic E-state index is 0.0132. The van der Waals surface area contributed by atoms with Gasteiger partial charge in [0, 0.05) is 24.0 Å². The first-order chi connectivity index (χ1) is 14.8. The number of aromatic nitrogens is 1. The summed E-state index contributed by atoms with van der Waals surface area (Å²) in [7, 11) is -3.57. The van der Waals surface area contributed by atoms with Crippen molar-refractivity contribution >= 4 is 38.1 Å². The summed E-state index contributed by atoms with van der Waals surface area (Å²) in [6.07, 6.45) is 1.41. The van der Waals surface area contributed by atoms with Gasteiger partial charge in [-0.2, -0.15) is 4.31 Å². The van der Waals surface area contributed by atoms with Crippen molar-refractivity contribution < 1.29 is 17.9 Å². The minimum Gasteiger partial charge on any atom is -0.458 e. The predicted octanol–water partition coefficient (Wildman–Crippen LogP) is 3.62. The fraction of sp³-hybridized carbons (Fsp3) is 0.273. The van der Waals surface area contributed by atoms with Crippen LogP contribution < -0.4 is 5.32 Å². The zero-order valence-electron chi connectivity index (χ0n) is 17.2. The third-order valence-electron chi connectivity index (χ3n) is 5.12. The number of hydrogen-bond donors (Lipinski definition) is 1. The summed E-state index contributed by atoms with van der Waals surface area (Å²) in [6, 6.07) is 14.6. The Morgan fingerprint density at radius 2 is 1.90 bits per heavy atom. The highest BCUT2D eigenvalue weighted by Crippen LogP contribution is 2.27. The summed E-state index contributed by atoms with van der Waals surface area (Å²) in [5, 5.41) is 5.73. The van der Waals surface area contributed by atoms with E-state index in [1.807, 2.05) is 60.8 Å². The topological polar surface area (TPSA) is 88.6 Å². The maximum Gasteiger partial charge on any atom is 0.325 e. The third kappa shape index (κ3) is 5.12. The quantitative estimate of drug-likeness (QED) is 0.569. The molecular weight excluding hydrogens is 434 g/mol. The lowest BCUT2D eigenvalue weighted by atomic mass is 9.96. The Balaban J connectivity index is 1.42. The molecule has 0 bridgehead atoms. The Kier molecular flexibility index (Phi) is 6.08. The maximum absolute atomic E-state index is 12.8. The van der Waals surface area contributed by atoms with Crippen molar-refractivity contribution in [3.8, 4) is 0 Å². The molecule has 2 heterocycles. The van der Waals surface area contributed by atoms with E-state index >= 15 is 0 Å². The smallest absolute Gasteiger partial charge is 0.325 e. The van der Waals surface area contributed by atoms with Gasteiger partial charge in [-0.05, 0) is 30.2 Å². The number of sulfonamides is 1. The van der Waals surface area contributed by atoms with Gasteiger partial charge in [0.2, 0.25) is 10.0 Å². The molecule has 0 saturated heterocycles. The normalized spacial score (nSPS) is 16.5. The van der Waals surface area contributed by atoms with Crippen LogP contribution in [0.2, 0.25) is 0 Å². The van der Waals surface area contributed by atoms with E-state index in [-0.39, 0.29) is 13.2 Å². The van der Waals surface area contributed by atoms with Crippen LogP contribution in [0.15, 0.2) is 53.9 Å². The molecule has 31 heavy (non-hydrogen) atoms. The first-order valence-electron chi connectivity index (χ1n) is 9.78. The van der Waals surface area contributed by atoms with Crippen LogP contribution in [-0.4, -0.2) is 36.0 Å². The van der Waals surface area contributed by atoms with Gasteiger partial charge in [-0.3, -0.25) is 4.79 Å². The Labute approximate surface area is 185 Å². The summed E-state index contributed by atoms with van der Waals surface area (Å²) in [6.45, 7) is 2.17. The van der Waals surface area contributed by atoms with Crippen molar-refractivity contribution in [2.24, 2.45) is 0 Å². The second kappa shape index (κ2) is 8.78. The number of nitrogens with one attached hydrogen (secondary N) is 1. The van der Waals surface area contributed by atoms with Crippen LogP contribution in [0.3, 0.4) is 0 Å². The molecule has 162 valence electrons. The van der Waals surface area contributed by atoms with Crippen LogP contribution in [-0.2, 0) is 39.1 Å². The van der Waals surface area contributed by atoms with Gasteiger partial charge in [0.1, 0.15) is 12.6 Å². The van der Waals surface area contributed by atoms with E-state index in [1.54, 1.807) is 0 Å². The fourth-order valence-corrected chi connectivity index (χ4v) is 5.19. The lowest BCUT2D eigenvalue weighted by Crippen LogP contribution is -2.48. The van der Waals surface area contributed by atoms with Crippen molar-refractivity contribution in [3.63, 3.8) is 0 Å². The van der Waals surface area contributed by atoms with E-state index in [0.29, 0.717) is 17.2 Å². The number of ether oxygens (including phenoxy) is 1. The summed E-state index contributed by atoms with van der Waals surface area (Å²) in [5.41, 5.74) is 4.57. The van der Waals surface area contributed by atoms with Crippen LogP contribution in [0, 0.1) is 6.92 Å². The van der Waals surface area contributed by atoms with Gasteiger partial charge in [-0.15, -0.1) is 11.3 Å². The number of benzene rings is 2. The summed E-state index contributed by atoms with van der Waals surface area (Å²) >= 11 is 1.41. The van der Waals surface area contributed by atoms with Crippen molar-refractivity contribution in [1.29, 1.82) is 0 Å². The van der Waals surface area contributed by atoms with Gasteiger partial charge < -0.3 is 10.1 Å². The molecule has 0 fully saturated rings. The number of thiazole rings is 1. The molecule has 1 aromatic heterocycles. The Morgan fingerprint density at radius 1 is 1.19 bits per heavy atom. The molecule has 4 rings (SSSR count). The SMILES string of the molecule is Cc1ccc(Nc2nc(COC(=O)C3Cc4ccccc4CN3S(C)(=O)=O)cs2)cc1. The molecule has 1 atom stereocenters. The molecule has 9 heteroatoms. The molecule has 0 aliphatic carbocycles. The maximum atomic E-state index is 12.8. The predicted molar refractivity (Wildman–Crippen MR) is 121 cm³/mol. The molecule has 0 spiro atoms. The van der Waals surface area contributed by atoms with Crippen LogP contribution in [0.5, 0.6) is 0 Å². The van der Waals surface area contributed by atoms with Crippen LogP contribution >= 0.6 is 11.3 Å². The van der Waals surface area contributed by atoms with E-state index in [4.69, 9.17) is 4.74 Å². The molecule has 3 aromatic rings. The molecule has 7 nitrogen and oxygen atoms in total. The monoisotopic (exact) mass is 457 g/mol. The number of esters is 1. The summed E-state index contributed by atoms with van der Waals surface area (Å²) in [5.74, 6) is -0.569. The van der Waals surface area contributed by atoms with Crippen LogP contribution in [0.4, 0.5) is 10.8 Å². The third-order valence-corrected chi connectivity index (χ3v) is 7.16. The van der Waals surface area contributed by atoms with E-state index in [9.17, 15) is 13.2 Å². The summed E-state index contributed by atoms with van der Waals surface area (Å²) in [4.78, 5) is 17.2. The van der Waals surface area contributed by atoms with Gasteiger partial charge >= 0.3 is 5.97 Å². The fourth-order valence-electron chi connectivity index (χ4n) is 3.48. The summed E-state index contributed by atoms with van der Waals surface area (Å²) < 4.78 is 31.2. The first kappa shape index (κ1) is 21.5. The highest BCUT2D eigenvalue weighted by atomic mass is 32.2. The molecule has 1 N–H and O–H groups in total. The highest BCUT2D eigenvalue weighted by molar-refractivity contribution is 7.88. The van der Waals surface area contributed by atoms with E-state index in [1.165, 1.54) is 21.2 Å². The van der Waals surface area contributed by atoms with Crippen molar-refractivity contribution in [3.05, 3.63) is 76.3 Å². The average molecular weight is 458 g/mol. The number of aryl methyl sites for hydroxylation is 1. The number of nitrogens with zero attached hydrogens (tertiary/aromatic N) is 2. The van der Waals surface area contributed by atoms with E-state index < -0.39 is 22.0 Å².